The molecule has 0 bridgehead atoms. The van der Waals surface area contributed by atoms with E-state index in [9.17, 15) is 4.79 Å². The highest BCUT2D eigenvalue weighted by Crippen LogP contribution is 2.39. The van der Waals surface area contributed by atoms with Gasteiger partial charge in [-0.1, -0.05) is 28.0 Å². The average Bonchev–Trinajstić information content (AvgIpc) is 2.65. The molecule has 0 saturated carbocycles. The first-order chi connectivity index (χ1) is 6.83. The second-order valence-corrected chi connectivity index (χ2v) is 6.17. The molecule has 1 atom stereocenters. The van der Waals surface area contributed by atoms with E-state index in [1.807, 2.05) is 28.5 Å². The van der Waals surface area contributed by atoms with Crippen molar-refractivity contribution in [2.45, 2.75) is 44.3 Å². The van der Waals surface area contributed by atoms with Gasteiger partial charge in [0.15, 0.2) is 0 Å². The molecule has 0 aromatic rings. The molecule has 1 aliphatic rings. The molecule has 1 heterocycles. The summed E-state index contributed by atoms with van der Waals surface area (Å²) in [5, 5.41) is 0.835. The van der Waals surface area contributed by atoms with Crippen LogP contribution in [0.5, 0.6) is 0 Å². The molecule has 1 rings (SSSR count). The fourth-order valence-electron chi connectivity index (χ4n) is 1.44. The van der Waals surface area contributed by atoms with E-state index in [-0.39, 0.29) is 5.97 Å². The predicted octanol–water partition coefficient (Wildman–Crippen LogP) is 3.26. The molecule has 1 fully saturated rings. The summed E-state index contributed by atoms with van der Waals surface area (Å²) in [7, 11) is 3.99. The number of carbonyl (C=O) groups excluding carboxylic acids is 1. The molecule has 0 aliphatic carbocycles. The highest BCUT2D eigenvalue weighted by molar-refractivity contribution is 8.77. The van der Waals surface area contributed by atoms with Gasteiger partial charge in [0.05, 0.1) is 6.61 Å². The number of esters is 1. The smallest absolute Gasteiger partial charge is 0.305 e. The first kappa shape index (κ1) is 12.2. The molecule has 0 amide bonds. The highest BCUT2D eigenvalue weighted by Gasteiger charge is 2.15. The standard InChI is InChI=1S/C10H18O2S2/c1-2-12-10(11)6-4-3-5-9-7-8-13-14-9/h9H,2-8H2,1H3. The van der Waals surface area contributed by atoms with Crippen LogP contribution in [-0.4, -0.2) is 23.6 Å². The van der Waals surface area contributed by atoms with E-state index in [1.54, 1.807) is 0 Å². The number of unbranched alkanes of at least 4 members (excludes halogenated alkanes) is 1. The lowest BCUT2D eigenvalue weighted by atomic mass is 10.1. The zero-order chi connectivity index (χ0) is 10.2. The van der Waals surface area contributed by atoms with Crippen molar-refractivity contribution in [1.29, 1.82) is 0 Å². The monoisotopic (exact) mass is 234 g/mol. The Balaban J connectivity index is 1.90. The quantitative estimate of drug-likeness (QED) is 0.400. The third kappa shape index (κ3) is 5.15. The van der Waals surface area contributed by atoms with Crippen molar-refractivity contribution in [2.24, 2.45) is 0 Å². The summed E-state index contributed by atoms with van der Waals surface area (Å²) in [6.07, 6.45) is 5.35. The second kappa shape index (κ2) is 7.46. The van der Waals surface area contributed by atoms with Crippen LogP contribution < -0.4 is 0 Å². The molecule has 1 saturated heterocycles. The molecule has 1 unspecified atom stereocenters. The van der Waals surface area contributed by atoms with Gasteiger partial charge < -0.3 is 4.74 Å². The van der Waals surface area contributed by atoms with Crippen molar-refractivity contribution in [2.75, 3.05) is 12.4 Å². The summed E-state index contributed by atoms with van der Waals surface area (Å²) in [5.74, 6) is 1.26. The SMILES string of the molecule is CCOC(=O)CCCCC1CCSS1. The third-order valence-corrected chi connectivity index (χ3v) is 5.20. The maximum absolute atomic E-state index is 11.0. The molecule has 0 aromatic carbocycles. The molecule has 1 aliphatic heterocycles. The molecule has 14 heavy (non-hydrogen) atoms. The van der Waals surface area contributed by atoms with Crippen LogP contribution in [0, 0.1) is 0 Å². The zero-order valence-electron chi connectivity index (χ0n) is 8.66. The Bertz CT molecular complexity index is 168. The predicted molar refractivity (Wildman–Crippen MR) is 63.6 cm³/mol. The van der Waals surface area contributed by atoms with Crippen LogP contribution in [0.2, 0.25) is 0 Å². The lowest BCUT2D eigenvalue weighted by Crippen LogP contribution is -2.04. The van der Waals surface area contributed by atoms with Gasteiger partial charge >= 0.3 is 5.97 Å². The van der Waals surface area contributed by atoms with Crippen molar-refractivity contribution in [3.8, 4) is 0 Å². The van der Waals surface area contributed by atoms with Crippen molar-refractivity contribution in [1.82, 2.24) is 0 Å². The van der Waals surface area contributed by atoms with Crippen LogP contribution in [0.15, 0.2) is 0 Å². The third-order valence-electron chi connectivity index (χ3n) is 2.19. The topological polar surface area (TPSA) is 26.3 Å². The molecule has 0 N–H and O–H groups in total. The Morgan fingerprint density at radius 1 is 1.50 bits per heavy atom. The number of ether oxygens (including phenoxy) is 1. The van der Waals surface area contributed by atoms with E-state index < -0.39 is 0 Å². The molecular weight excluding hydrogens is 216 g/mol. The van der Waals surface area contributed by atoms with Gasteiger partial charge in [0.2, 0.25) is 0 Å². The summed E-state index contributed by atoms with van der Waals surface area (Å²) in [4.78, 5) is 11.0. The maximum Gasteiger partial charge on any atom is 0.305 e. The van der Waals surface area contributed by atoms with E-state index in [1.165, 1.54) is 18.6 Å². The number of hydrogen-bond acceptors (Lipinski definition) is 4. The van der Waals surface area contributed by atoms with E-state index in [2.05, 4.69) is 0 Å². The Labute approximate surface area is 93.9 Å². The number of hydrogen-bond donors (Lipinski definition) is 0. The Morgan fingerprint density at radius 2 is 2.36 bits per heavy atom. The minimum Gasteiger partial charge on any atom is -0.466 e. The summed E-state index contributed by atoms with van der Waals surface area (Å²) in [5.41, 5.74) is 0. The molecule has 82 valence electrons. The minimum absolute atomic E-state index is 0.0408. The first-order valence-electron chi connectivity index (χ1n) is 5.27. The molecule has 4 heteroatoms. The Kier molecular flexibility index (Phi) is 6.52. The first-order valence-corrected chi connectivity index (χ1v) is 7.65. The van der Waals surface area contributed by atoms with E-state index in [0.717, 1.165) is 18.1 Å². The van der Waals surface area contributed by atoms with Crippen LogP contribution >= 0.6 is 21.6 Å². The number of carbonyl (C=O) groups is 1. The summed E-state index contributed by atoms with van der Waals surface area (Å²) >= 11 is 0. The van der Waals surface area contributed by atoms with Crippen molar-refractivity contribution < 1.29 is 9.53 Å². The van der Waals surface area contributed by atoms with E-state index in [0.29, 0.717) is 13.0 Å². The van der Waals surface area contributed by atoms with Gasteiger partial charge in [-0.05, 0) is 26.2 Å². The van der Waals surface area contributed by atoms with Gasteiger partial charge in [0.25, 0.3) is 0 Å². The summed E-state index contributed by atoms with van der Waals surface area (Å²) in [6, 6.07) is 0. The number of rotatable bonds is 6. The van der Waals surface area contributed by atoms with Crippen molar-refractivity contribution in [3.63, 3.8) is 0 Å². The second-order valence-electron chi connectivity index (χ2n) is 3.38. The van der Waals surface area contributed by atoms with Crippen LogP contribution in [0.25, 0.3) is 0 Å². The van der Waals surface area contributed by atoms with Gasteiger partial charge in [-0.15, -0.1) is 0 Å². The molecule has 0 radical (unpaired) electrons. The lowest BCUT2D eigenvalue weighted by molar-refractivity contribution is -0.143. The van der Waals surface area contributed by atoms with Crippen LogP contribution in [-0.2, 0) is 9.53 Å². The summed E-state index contributed by atoms with van der Waals surface area (Å²) < 4.78 is 4.87. The largest absolute Gasteiger partial charge is 0.466 e. The van der Waals surface area contributed by atoms with Crippen LogP contribution in [0.1, 0.15) is 39.0 Å². The highest BCUT2D eigenvalue weighted by atomic mass is 33.1. The zero-order valence-corrected chi connectivity index (χ0v) is 10.3. The fraction of sp³-hybridized carbons (Fsp3) is 0.900. The van der Waals surface area contributed by atoms with Crippen molar-refractivity contribution >= 4 is 27.6 Å². The van der Waals surface area contributed by atoms with E-state index in [4.69, 9.17) is 4.74 Å². The molecule has 2 nitrogen and oxygen atoms in total. The molecule has 0 aromatic heterocycles. The minimum atomic E-state index is -0.0408. The lowest BCUT2D eigenvalue weighted by Gasteiger charge is -2.06. The van der Waals surface area contributed by atoms with Crippen LogP contribution in [0.3, 0.4) is 0 Å². The molecule has 0 spiro atoms. The van der Waals surface area contributed by atoms with Crippen molar-refractivity contribution in [3.05, 3.63) is 0 Å². The van der Waals surface area contributed by atoms with E-state index >= 15 is 0 Å². The Hall–Kier alpha value is 0.170. The normalized spacial score (nSPS) is 21.1. The van der Waals surface area contributed by atoms with Crippen LogP contribution in [0.4, 0.5) is 0 Å². The summed E-state index contributed by atoms with van der Waals surface area (Å²) in [6.45, 7) is 2.36. The maximum atomic E-state index is 11.0. The van der Waals surface area contributed by atoms with Gasteiger partial charge in [-0.25, -0.2) is 0 Å². The van der Waals surface area contributed by atoms with Gasteiger partial charge in [0.1, 0.15) is 0 Å². The fourth-order valence-corrected chi connectivity index (χ4v) is 4.47. The average molecular weight is 234 g/mol. The van der Waals surface area contributed by atoms with Gasteiger partial charge in [0, 0.05) is 17.4 Å². The van der Waals surface area contributed by atoms with Gasteiger partial charge in [-0.2, -0.15) is 0 Å². The van der Waals surface area contributed by atoms with Gasteiger partial charge in [-0.3, -0.25) is 4.79 Å². The Morgan fingerprint density at radius 3 is 3.00 bits per heavy atom. The molecular formula is C10H18O2S2.